The number of fused-ring (bicyclic) bond motifs is 3. The van der Waals surface area contributed by atoms with Crippen molar-refractivity contribution in [3.05, 3.63) is 87.4 Å². The summed E-state index contributed by atoms with van der Waals surface area (Å²) in [6.07, 6.45) is -0.946. The summed E-state index contributed by atoms with van der Waals surface area (Å²) in [7, 11) is 0. The quantitative estimate of drug-likeness (QED) is 0.510. The number of ether oxygens (including phenoxy) is 1. The van der Waals surface area contributed by atoms with Crippen LogP contribution in [-0.2, 0) is 16.0 Å². The molecule has 0 fully saturated rings. The number of halogens is 2. The first-order chi connectivity index (χ1) is 14.4. The minimum absolute atomic E-state index is 0.0479. The lowest BCUT2D eigenvalue weighted by molar-refractivity contribution is -0.136. The van der Waals surface area contributed by atoms with E-state index in [4.69, 9.17) is 33.0 Å². The average Bonchev–Trinajstić information content (AvgIpc) is 3.03. The molecule has 1 amide bonds. The Bertz CT molecular complexity index is 1080. The third kappa shape index (κ3) is 3.99. The van der Waals surface area contributed by atoms with Crippen LogP contribution >= 0.6 is 23.2 Å². The molecule has 1 aliphatic rings. The second-order valence-corrected chi connectivity index (χ2v) is 7.75. The Morgan fingerprint density at radius 2 is 1.47 bits per heavy atom. The number of nitrogens with one attached hydrogen (secondary N) is 1. The van der Waals surface area contributed by atoms with Crippen molar-refractivity contribution in [1.29, 1.82) is 0 Å². The summed E-state index contributed by atoms with van der Waals surface area (Å²) in [4.78, 5) is 23.3. The number of benzene rings is 3. The van der Waals surface area contributed by atoms with E-state index in [0.717, 1.165) is 22.3 Å². The first kappa shape index (κ1) is 20.3. The van der Waals surface area contributed by atoms with Gasteiger partial charge in [0.1, 0.15) is 6.61 Å². The van der Waals surface area contributed by atoms with Gasteiger partial charge in [-0.05, 0) is 34.4 Å². The van der Waals surface area contributed by atoms with Gasteiger partial charge in [-0.2, -0.15) is 0 Å². The van der Waals surface area contributed by atoms with Gasteiger partial charge in [-0.3, -0.25) is 10.1 Å². The fourth-order valence-electron chi connectivity index (χ4n) is 3.75. The molecule has 4 rings (SSSR count). The van der Waals surface area contributed by atoms with E-state index in [9.17, 15) is 9.59 Å². The molecule has 0 saturated heterocycles. The van der Waals surface area contributed by atoms with Crippen LogP contribution in [0.15, 0.2) is 60.7 Å². The standard InChI is InChI=1S/C23H17Cl2NO4/c24-20-9-13(10-21(25)18(20)11-22(27)28)26-23(29)30-12-19-16-7-3-1-5-14(16)15-6-2-4-8-17(15)19/h1-10,19H,11-12H2,(H,26,29)(H,27,28). The predicted molar refractivity (Wildman–Crippen MR) is 116 cm³/mol. The number of aliphatic carboxylic acids is 1. The van der Waals surface area contributed by atoms with Gasteiger partial charge >= 0.3 is 12.1 Å². The van der Waals surface area contributed by atoms with E-state index >= 15 is 0 Å². The van der Waals surface area contributed by atoms with E-state index in [1.54, 1.807) is 0 Å². The minimum atomic E-state index is -1.05. The number of hydrogen-bond acceptors (Lipinski definition) is 3. The number of anilines is 1. The fourth-order valence-corrected chi connectivity index (χ4v) is 4.37. The zero-order valence-electron chi connectivity index (χ0n) is 15.7. The molecule has 0 spiro atoms. The molecular formula is C23H17Cl2NO4. The molecule has 0 bridgehead atoms. The van der Waals surface area contributed by atoms with Crippen LogP contribution < -0.4 is 5.32 Å². The first-order valence-electron chi connectivity index (χ1n) is 9.25. The van der Waals surface area contributed by atoms with Gasteiger partial charge in [-0.25, -0.2) is 4.79 Å². The Morgan fingerprint density at radius 1 is 0.933 bits per heavy atom. The number of carbonyl (C=O) groups is 2. The van der Waals surface area contributed by atoms with Gasteiger partial charge in [0, 0.05) is 27.2 Å². The van der Waals surface area contributed by atoms with Crippen molar-refractivity contribution in [2.75, 3.05) is 11.9 Å². The van der Waals surface area contributed by atoms with Crippen LogP contribution in [0.2, 0.25) is 10.0 Å². The fraction of sp³-hybridized carbons (Fsp3) is 0.130. The highest BCUT2D eigenvalue weighted by molar-refractivity contribution is 6.36. The number of amides is 1. The van der Waals surface area contributed by atoms with Crippen molar-refractivity contribution < 1.29 is 19.4 Å². The lowest BCUT2D eigenvalue weighted by atomic mass is 9.98. The molecule has 2 N–H and O–H groups in total. The topological polar surface area (TPSA) is 75.6 Å². The Morgan fingerprint density at radius 3 is 2.00 bits per heavy atom. The van der Waals surface area contributed by atoms with Crippen molar-refractivity contribution in [3.63, 3.8) is 0 Å². The number of hydrogen-bond donors (Lipinski definition) is 2. The van der Waals surface area contributed by atoms with Crippen LogP contribution in [0.3, 0.4) is 0 Å². The van der Waals surface area contributed by atoms with Gasteiger partial charge in [-0.1, -0.05) is 71.7 Å². The molecule has 7 heteroatoms. The summed E-state index contributed by atoms with van der Waals surface area (Å²) in [6, 6.07) is 19.1. The van der Waals surface area contributed by atoms with Crippen molar-refractivity contribution in [3.8, 4) is 11.1 Å². The van der Waals surface area contributed by atoms with Gasteiger partial charge in [0.15, 0.2) is 0 Å². The second kappa shape index (κ2) is 8.38. The molecule has 0 saturated carbocycles. The molecule has 0 atom stereocenters. The lowest BCUT2D eigenvalue weighted by Gasteiger charge is -2.15. The van der Waals surface area contributed by atoms with Gasteiger partial charge < -0.3 is 9.84 Å². The number of carboxylic acid groups (broad SMARTS) is 1. The number of carboxylic acids is 1. The maximum atomic E-state index is 12.4. The second-order valence-electron chi connectivity index (χ2n) is 6.94. The molecule has 0 radical (unpaired) electrons. The van der Waals surface area contributed by atoms with Gasteiger partial charge in [0.2, 0.25) is 0 Å². The van der Waals surface area contributed by atoms with E-state index in [0.29, 0.717) is 11.3 Å². The Balaban J connectivity index is 1.47. The molecular weight excluding hydrogens is 425 g/mol. The summed E-state index contributed by atoms with van der Waals surface area (Å²) in [6.45, 7) is 0.179. The summed E-state index contributed by atoms with van der Waals surface area (Å²) in [5.74, 6) is -1.09. The van der Waals surface area contributed by atoms with E-state index in [1.165, 1.54) is 12.1 Å². The third-order valence-corrected chi connectivity index (χ3v) is 5.73. The number of carbonyl (C=O) groups excluding carboxylic acids is 1. The Hall–Kier alpha value is -3.02. The minimum Gasteiger partial charge on any atom is -0.481 e. The Kier molecular flexibility index (Phi) is 5.66. The molecule has 3 aromatic carbocycles. The molecule has 3 aromatic rings. The average molecular weight is 442 g/mol. The van der Waals surface area contributed by atoms with Gasteiger partial charge in [0.05, 0.1) is 6.42 Å². The molecule has 0 heterocycles. The lowest BCUT2D eigenvalue weighted by Crippen LogP contribution is -2.18. The first-order valence-corrected chi connectivity index (χ1v) is 10.0. The maximum Gasteiger partial charge on any atom is 0.411 e. The zero-order valence-corrected chi connectivity index (χ0v) is 17.2. The molecule has 5 nitrogen and oxygen atoms in total. The van der Waals surface area contributed by atoms with Crippen LogP contribution in [-0.4, -0.2) is 23.8 Å². The van der Waals surface area contributed by atoms with E-state index in [1.807, 2.05) is 36.4 Å². The summed E-state index contributed by atoms with van der Waals surface area (Å²) >= 11 is 12.2. The van der Waals surface area contributed by atoms with Crippen LogP contribution in [0.25, 0.3) is 11.1 Å². The highest BCUT2D eigenvalue weighted by Gasteiger charge is 2.29. The largest absolute Gasteiger partial charge is 0.481 e. The van der Waals surface area contributed by atoms with Crippen molar-refractivity contribution in [1.82, 2.24) is 0 Å². The SMILES string of the molecule is O=C(O)Cc1c(Cl)cc(NC(=O)OCC2c3ccccc3-c3ccccc32)cc1Cl. The van der Waals surface area contributed by atoms with Gasteiger partial charge in [0.25, 0.3) is 0 Å². The van der Waals surface area contributed by atoms with Crippen molar-refractivity contribution in [2.45, 2.75) is 12.3 Å². The van der Waals surface area contributed by atoms with Crippen LogP contribution in [0.5, 0.6) is 0 Å². The highest BCUT2D eigenvalue weighted by Crippen LogP contribution is 2.44. The van der Waals surface area contributed by atoms with Crippen LogP contribution in [0.1, 0.15) is 22.6 Å². The smallest absolute Gasteiger partial charge is 0.411 e. The van der Waals surface area contributed by atoms with Gasteiger partial charge in [-0.15, -0.1) is 0 Å². The van der Waals surface area contributed by atoms with Crippen LogP contribution in [0.4, 0.5) is 10.5 Å². The summed E-state index contributed by atoms with van der Waals surface area (Å²) in [5, 5.41) is 11.9. The molecule has 30 heavy (non-hydrogen) atoms. The zero-order chi connectivity index (χ0) is 21.3. The molecule has 1 aliphatic carbocycles. The van der Waals surface area contributed by atoms with Crippen molar-refractivity contribution in [2.24, 2.45) is 0 Å². The van der Waals surface area contributed by atoms with E-state index < -0.39 is 12.1 Å². The summed E-state index contributed by atoms with van der Waals surface area (Å²) < 4.78 is 5.49. The number of rotatable bonds is 5. The predicted octanol–water partition coefficient (Wildman–Crippen LogP) is 5.98. The van der Waals surface area contributed by atoms with E-state index in [2.05, 4.69) is 17.4 Å². The highest BCUT2D eigenvalue weighted by atomic mass is 35.5. The molecule has 0 unspecified atom stereocenters. The van der Waals surface area contributed by atoms with E-state index in [-0.39, 0.29) is 29.0 Å². The molecule has 0 aromatic heterocycles. The van der Waals surface area contributed by atoms with Crippen LogP contribution in [0, 0.1) is 0 Å². The third-order valence-electron chi connectivity index (χ3n) is 5.06. The molecule has 0 aliphatic heterocycles. The Labute approximate surface area is 183 Å². The normalized spacial score (nSPS) is 12.2. The summed E-state index contributed by atoms with van der Waals surface area (Å²) in [5.41, 5.74) is 5.16. The maximum absolute atomic E-state index is 12.4. The molecule has 152 valence electrons. The monoisotopic (exact) mass is 441 g/mol. The van der Waals surface area contributed by atoms with Crippen molar-refractivity contribution >= 4 is 41.0 Å².